The maximum atomic E-state index is 12.8. The summed E-state index contributed by atoms with van der Waals surface area (Å²) in [5, 5.41) is 0.618. The lowest BCUT2D eigenvalue weighted by molar-refractivity contribution is 0.0997. The third kappa shape index (κ3) is 4.16. The van der Waals surface area contributed by atoms with Crippen LogP contribution < -0.4 is 9.54 Å². The molecule has 0 saturated heterocycles. The van der Waals surface area contributed by atoms with Gasteiger partial charge in [-0.3, -0.25) is 4.79 Å². The molecule has 29 heavy (non-hydrogen) atoms. The molecule has 1 amide bonds. The lowest BCUT2D eigenvalue weighted by Gasteiger charge is -2.06. The number of thiazole rings is 1. The molecular weight excluding hydrogens is 404 g/mol. The molecule has 4 nitrogen and oxygen atoms in total. The fourth-order valence-corrected chi connectivity index (χ4v) is 4.34. The lowest BCUT2D eigenvalue weighted by atomic mass is 10.2. The van der Waals surface area contributed by atoms with Gasteiger partial charge in [-0.1, -0.05) is 59.3 Å². The van der Waals surface area contributed by atoms with Crippen molar-refractivity contribution >= 4 is 39.1 Å². The van der Waals surface area contributed by atoms with Gasteiger partial charge in [0, 0.05) is 12.1 Å². The predicted octanol–water partition coefficient (Wildman–Crippen LogP) is 6.08. The standard InChI is InChI=1S/C23H17ClN2O2S/c1-2-14-26-21-19(24)12-7-13-20(21)29-23(26)25-22(27)16-8-6-11-18(15-16)28-17-9-4-3-5-10-17/h2-13,15H,1,14H2. The van der Waals surface area contributed by atoms with Crippen LogP contribution in [0.2, 0.25) is 5.02 Å². The van der Waals surface area contributed by atoms with Crippen LogP contribution in [0.5, 0.6) is 11.5 Å². The zero-order valence-electron chi connectivity index (χ0n) is 15.4. The zero-order chi connectivity index (χ0) is 20.2. The summed E-state index contributed by atoms with van der Waals surface area (Å²) in [5.74, 6) is 0.941. The Hall–Kier alpha value is -3.15. The van der Waals surface area contributed by atoms with E-state index in [1.54, 1.807) is 30.3 Å². The van der Waals surface area contributed by atoms with E-state index in [4.69, 9.17) is 16.3 Å². The van der Waals surface area contributed by atoms with Gasteiger partial charge in [0.15, 0.2) is 4.80 Å². The molecule has 1 heterocycles. The summed E-state index contributed by atoms with van der Waals surface area (Å²) in [7, 11) is 0. The largest absolute Gasteiger partial charge is 0.457 e. The van der Waals surface area contributed by atoms with Crippen molar-refractivity contribution in [2.24, 2.45) is 4.99 Å². The quantitative estimate of drug-likeness (QED) is 0.367. The molecule has 0 radical (unpaired) electrons. The molecule has 0 atom stereocenters. The van der Waals surface area contributed by atoms with Crippen molar-refractivity contribution in [1.82, 2.24) is 4.57 Å². The van der Waals surface area contributed by atoms with Crippen LogP contribution in [0.15, 0.2) is 90.4 Å². The number of hydrogen-bond acceptors (Lipinski definition) is 3. The smallest absolute Gasteiger partial charge is 0.279 e. The molecule has 0 N–H and O–H groups in total. The molecular formula is C23H17ClN2O2S. The molecule has 144 valence electrons. The van der Waals surface area contributed by atoms with Crippen molar-refractivity contribution < 1.29 is 9.53 Å². The third-order valence-corrected chi connectivity index (χ3v) is 5.57. The van der Waals surface area contributed by atoms with Crippen molar-refractivity contribution in [3.8, 4) is 11.5 Å². The highest BCUT2D eigenvalue weighted by Crippen LogP contribution is 2.26. The van der Waals surface area contributed by atoms with Gasteiger partial charge in [-0.2, -0.15) is 4.99 Å². The number of para-hydroxylation sites is 2. The molecule has 0 unspecified atom stereocenters. The topological polar surface area (TPSA) is 43.6 Å². The first-order valence-electron chi connectivity index (χ1n) is 8.96. The number of allylic oxidation sites excluding steroid dienone is 1. The van der Waals surface area contributed by atoms with E-state index in [9.17, 15) is 4.79 Å². The molecule has 3 aromatic carbocycles. The fraction of sp³-hybridized carbons (Fsp3) is 0.0435. The van der Waals surface area contributed by atoms with Crippen LogP contribution >= 0.6 is 22.9 Å². The van der Waals surface area contributed by atoms with Gasteiger partial charge in [0.1, 0.15) is 11.5 Å². The van der Waals surface area contributed by atoms with Gasteiger partial charge in [0.2, 0.25) is 0 Å². The van der Waals surface area contributed by atoms with Crippen LogP contribution in [0, 0.1) is 0 Å². The van der Waals surface area contributed by atoms with Crippen molar-refractivity contribution in [2.45, 2.75) is 6.54 Å². The molecule has 0 aliphatic rings. The Labute approximate surface area is 177 Å². The summed E-state index contributed by atoms with van der Waals surface area (Å²) in [6.45, 7) is 4.31. The molecule has 0 fully saturated rings. The van der Waals surface area contributed by atoms with Crippen molar-refractivity contribution in [1.29, 1.82) is 0 Å². The molecule has 4 rings (SSSR count). The number of fused-ring (bicyclic) bond motifs is 1. The van der Waals surface area contributed by atoms with Crippen LogP contribution in [-0.2, 0) is 6.54 Å². The minimum absolute atomic E-state index is 0.344. The van der Waals surface area contributed by atoms with E-state index in [0.717, 1.165) is 10.2 Å². The number of hydrogen-bond donors (Lipinski definition) is 0. The molecule has 0 aliphatic heterocycles. The maximum Gasteiger partial charge on any atom is 0.279 e. The Morgan fingerprint density at radius 3 is 2.62 bits per heavy atom. The van der Waals surface area contributed by atoms with Gasteiger partial charge >= 0.3 is 0 Å². The molecule has 0 saturated carbocycles. The van der Waals surface area contributed by atoms with Gasteiger partial charge in [-0.05, 0) is 42.5 Å². The number of aromatic nitrogens is 1. The number of nitrogens with zero attached hydrogens (tertiary/aromatic N) is 2. The Balaban J connectivity index is 1.71. The van der Waals surface area contributed by atoms with Crippen molar-refractivity contribution in [3.05, 3.63) is 101 Å². The van der Waals surface area contributed by atoms with E-state index >= 15 is 0 Å². The molecule has 1 aromatic heterocycles. The van der Waals surface area contributed by atoms with Gasteiger partial charge in [-0.25, -0.2) is 0 Å². The maximum absolute atomic E-state index is 12.8. The van der Waals surface area contributed by atoms with Gasteiger partial charge in [0.05, 0.1) is 15.2 Å². The number of amides is 1. The van der Waals surface area contributed by atoms with E-state index in [1.165, 1.54) is 11.3 Å². The summed E-state index contributed by atoms with van der Waals surface area (Å²) < 4.78 is 8.68. The second kappa shape index (κ2) is 8.47. The predicted molar refractivity (Wildman–Crippen MR) is 118 cm³/mol. The summed E-state index contributed by atoms with van der Waals surface area (Å²) in [4.78, 5) is 17.8. The molecule has 0 aliphatic carbocycles. The normalized spacial score (nSPS) is 11.6. The first-order valence-corrected chi connectivity index (χ1v) is 10.2. The minimum atomic E-state index is -0.344. The fourth-order valence-electron chi connectivity index (χ4n) is 2.94. The first kappa shape index (κ1) is 19.2. The molecule has 0 spiro atoms. The number of carbonyl (C=O) groups excluding carboxylic acids is 1. The summed E-state index contributed by atoms with van der Waals surface area (Å²) >= 11 is 7.79. The summed E-state index contributed by atoms with van der Waals surface area (Å²) in [6, 6.07) is 22.1. The number of halogens is 1. The van der Waals surface area contributed by atoms with Crippen molar-refractivity contribution in [3.63, 3.8) is 0 Å². The number of rotatable bonds is 5. The highest BCUT2D eigenvalue weighted by atomic mass is 35.5. The van der Waals surface area contributed by atoms with Crippen LogP contribution in [0.25, 0.3) is 10.2 Å². The van der Waals surface area contributed by atoms with E-state index in [2.05, 4.69) is 11.6 Å². The highest BCUT2D eigenvalue weighted by molar-refractivity contribution is 7.16. The van der Waals surface area contributed by atoms with Crippen molar-refractivity contribution in [2.75, 3.05) is 0 Å². The second-order valence-electron chi connectivity index (χ2n) is 6.23. The third-order valence-electron chi connectivity index (χ3n) is 4.22. The van der Waals surface area contributed by atoms with Crippen LogP contribution in [0.3, 0.4) is 0 Å². The minimum Gasteiger partial charge on any atom is -0.457 e. The van der Waals surface area contributed by atoms with E-state index in [1.807, 2.05) is 53.1 Å². The summed E-state index contributed by atoms with van der Waals surface area (Å²) in [5.41, 5.74) is 1.30. The van der Waals surface area contributed by atoms with Crippen LogP contribution in [0.4, 0.5) is 0 Å². The summed E-state index contributed by atoms with van der Waals surface area (Å²) in [6.07, 6.45) is 1.76. The number of benzene rings is 3. The van der Waals surface area contributed by atoms with Gasteiger partial charge in [-0.15, -0.1) is 6.58 Å². The van der Waals surface area contributed by atoms with E-state index in [-0.39, 0.29) is 5.91 Å². The monoisotopic (exact) mass is 420 g/mol. The Bertz CT molecular complexity index is 1260. The Kier molecular flexibility index (Phi) is 5.60. The van der Waals surface area contributed by atoms with Gasteiger partial charge < -0.3 is 9.30 Å². The highest BCUT2D eigenvalue weighted by Gasteiger charge is 2.11. The Morgan fingerprint density at radius 2 is 1.83 bits per heavy atom. The average Bonchev–Trinajstić information content (AvgIpc) is 3.07. The molecule has 4 aromatic rings. The van der Waals surface area contributed by atoms with Crippen LogP contribution in [-0.4, -0.2) is 10.5 Å². The number of ether oxygens (including phenoxy) is 1. The number of carbonyl (C=O) groups is 1. The van der Waals surface area contributed by atoms with Crippen LogP contribution in [0.1, 0.15) is 10.4 Å². The second-order valence-corrected chi connectivity index (χ2v) is 7.65. The average molecular weight is 421 g/mol. The molecule has 0 bridgehead atoms. The molecule has 6 heteroatoms. The van der Waals surface area contributed by atoms with Gasteiger partial charge in [0.25, 0.3) is 5.91 Å². The first-order chi connectivity index (χ1) is 14.2. The van der Waals surface area contributed by atoms with E-state index < -0.39 is 0 Å². The Morgan fingerprint density at radius 1 is 1.07 bits per heavy atom. The zero-order valence-corrected chi connectivity index (χ0v) is 17.0. The lowest BCUT2D eigenvalue weighted by Crippen LogP contribution is -2.16. The SMILES string of the molecule is C=CCn1c(=NC(=O)c2cccc(Oc3ccccc3)c2)sc2cccc(Cl)c21. The van der Waals surface area contributed by atoms with E-state index in [0.29, 0.717) is 33.4 Å².